The lowest BCUT2D eigenvalue weighted by molar-refractivity contribution is 0.476. The zero-order valence-electron chi connectivity index (χ0n) is 14.0. The highest BCUT2D eigenvalue weighted by atomic mass is 32.2. The van der Waals surface area contributed by atoms with Gasteiger partial charge in [-0.3, -0.25) is 0 Å². The van der Waals surface area contributed by atoms with Crippen LogP contribution in [0.15, 0.2) is 71.6 Å². The average Bonchev–Trinajstić information content (AvgIpc) is 3.28. The summed E-state index contributed by atoms with van der Waals surface area (Å²) in [5.74, 6) is 3.01. The number of aromatic hydroxyl groups is 1. The third-order valence-corrected chi connectivity index (χ3v) is 7.62. The van der Waals surface area contributed by atoms with Crippen LogP contribution >= 0.6 is 0 Å². The van der Waals surface area contributed by atoms with Gasteiger partial charge in [0.1, 0.15) is 17.3 Å². The predicted molar refractivity (Wildman–Crippen MR) is 107 cm³/mol. The van der Waals surface area contributed by atoms with Gasteiger partial charge in [0.15, 0.2) is 4.90 Å². The summed E-state index contributed by atoms with van der Waals surface area (Å²) < 4.78 is 2.26. The van der Waals surface area contributed by atoms with Gasteiger partial charge in [0, 0.05) is 33.4 Å². The molecule has 0 spiro atoms. The van der Waals surface area contributed by atoms with Crippen molar-refractivity contribution >= 4 is 32.7 Å². The summed E-state index contributed by atoms with van der Waals surface area (Å²) in [5.41, 5.74) is 3.39. The van der Waals surface area contributed by atoms with Gasteiger partial charge in [-0.15, -0.1) is 0 Å². The summed E-state index contributed by atoms with van der Waals surface area (Å²) in [5, 5.41) is 12.4. The Labute approximate surface area is 150 Å². The van der Waals surface area contributed by atoms with Gasteiger partial charge in [-0.2, -0.15) is 0 Å². The molecule has 124 valence electrons. The fourth-order valence-corrected chi connectivity index (χ4v) is 6.22. The number of rotatable bonds is 2. The van der Waals surface area contributed by atoms with Gasteiger partial charge < -0.3 is 9.67 Å². The van der Waals surface area contributed by atoms with Gasteiger partial charge in [-0.25, -0.2) is 0 Å². The van der Waals surface area contributed by atoms with E-state index in [0.29, 0.717) is 16.6 Å². The monoisotopic (exact) mass is 346 g/mol. The van der Waals surface area contributed by atoms with Crippen LogP contribution in [-0.2, 0) is 10.9 Å². The number of phenolic OH excluding ortho intramolecular Hbond substituents is 1. The molecule has 0 radical (unpaired) electrons. The van der Waals surface area contributed by atoms with Gasteiger partial charge in [-0.1, -0.05) is 18.2 Å². The second-order valence-corrected chi connectivity index (χ2v) is 8.93. The zero-order chi connectivity index (χ0) is 16.8. The molecule has 1 aromatic heterocycles. The maximum absolute atomic E-state index is 10.0. The molecule has 5 rings (SSSR count). The second kappa shape index (κ2) is 5.85. The van der Waals surface area contributed by atoms with E-state index < -0.39 is 0 Å². The average molecular weight is 346 g/mol. The Morgan fingerprint density at radius 2 is 1.48 bits per heavy atom. The van der Waals surface area contributed by atoms with Crippen molar-refractivity contribution in [2.45, 2.75) is 17.7 Å². The fourth-order valence-electron chi connectivity index (χ4n) is 3.92. The number of hydrogen-bond donors (Lipinski definition) is 1. The first kappa shape index (κ1) is 14.9. The second-order valence-electron chi connectivity index (χ2n) is 6.66. The molecule has 2 heterocycles. The Morgan fingerprint density at radius 1 is 0.760 bits per heavy atom. The molecular formula is C22H20NOS+. The topological polar surface area (TPSA) is 25.2 Å². The normalized spacial score (nSPS) is 15.4. The number of nitrogens with zero attached hydrogens (tertiary/aromatic N) is 1. The molecule has 1 fully saturated rings. The maximum atomic E-state index is 10.0. The molecule has 3 aromatic carbocycles. The standard InChI is InChI=1S/C22H19NOS/c24-17-9-12-20-19-5-1-2-6-21(19)23(22(20)15-17)16-7-10-18(11-8-16)25-13-3-4-14-25/h1-2,5-12,15H,3-4,13-14H2/p+1. The molecule has 0 amide bonds. The lowest BCUT2D eigenvalue weighted by Gasteiger charge is -2.09. The maximum Gasteiger partial charge on any atom is 0.155 e. The van der Waals surface area contributed by atoms with Crippen LogP contribution in [0.5, 0.6) is 5.75 Å². The van der Waals surface area contributed by atoms with E-state index in [9.17, 15) is 5.11 Å². The van der Waals surface area contributed by atoms with Crippen LogP contribution in [0, 0.1) is 0 Å². The van der Waals surface area contributed by atoms with E-state index in [4.69, 9.17) is 0 Å². The van der Waals surface area contributed by atoms with Crippen LogP contribution in [0.3, 0.4) is 0 Å². The van der Waals surface area contributed by atoms with Gasteiger partial charge in [0.05, 0.1) is 11.0 Å². The highest BCUT2D eigenvalue weighted by Gasteiger charge is 2.26. The molecule has 0 aliphatic carbocycles. The summed E-state index contributed by atoms with van der Waals surface area (Å²) >= 11 is 0. The molecule has 0 unspecified atom stereocenters. The molecule has 0 atom stereocenters. The first-order valence-electron chi connectivity index (χ1n) is 8.81. The molecule has 2 nitrogen and oxygen atoms in total. The van der Waals surface area contributed by atoms with Crippen molar-refractivity contribution in [2.75, 3.05) is 11.5 Å². The Bertz CT molecular complexity index is 1060. The van der Waals surface area contributed by atoms with Crippen molar-refractivity contribution in [3.05, 3.63) is 66.7 Å². The highest BCUT2D eigenvalue weighted by molar-refractivity contribution is 7.97. The minimum absolute atomic E-state index is 0.306. The van der Waals surface area contributed by atoms with E-state index in [2.05, 4.69) is 53.1 Å². The third kappa shape index (κ3) is 2.42. The largest absolute Gasteiger partial charge is 0.508 e. The van der Waals surface area contributed by atoms with Crippen molar-refractivity contribution in [2.24, 2.45) is 0 Å². The van der Waals surface area contributed by atoms with Gasteiger partial charge in [0.25, 0.3) is 0 Å². The van der Waals surface area contributed by atoms with Crippen molar-refractivity contribution in [1.82, 2.24) is 4.57 Å². The number of aromatic nitrogens is 1. The van der Waals surface area contributed by atoms with Crippen LogP contribution in [0.4, 0.5) is 0 Å². The Hall–Kier alpha value is -2.39. The zero-order valence-corrected chi connectivity index (χ0v) is 14.8. The summed E-state index contributed by atoms with van der Waals surface area (Å²) in [6, 6.07) is 23.2. The van der Waals surface area contributed by atoms with Crippen LogP contribution in [0.25, 0.3) is 27.5 Å². The van der Waals surface area contributed by atoms with Gasteiger partial charge in [-0.05, 0) is 55.3 Å². The predicted octanol–water partition coefficient (Wildman–Crippen LogP) is 5.26. The molecule has 1 aliphatic rings. The van der Waals surface area contributed by atoms with Gasteiger partial charge >= 0.3 is 0 Å². The Kier molecular flexibility index (Phi) is 3.49. The molecule has 4 aromatic rings. The first-order chi connectivity index (χ1) is 12.3. The molecule has 0 bridgehead atoms. The molecule has 1 saturated heterocycles. The fraction of sp³-hybridized carbons (Fsp3) is 0.182. The van der Waals surface area contributed by atoms with Crippen molar-refractivity contribution in [3.63, 3.8) is 0 Å². The lowest BCUT2D eigenvalue weighted by Crippen LogP contribution is -2.04. The minimum atomic E-state index is 0.306. The minimum Gasteiger partial charge on any atom is -0.508 e. The third-order valence-electron chi connectivity index (χ3n) is 5.12. The quantitative estimate of drug-likeness (QED) is 0.492. The number of para-hydroxylation sites is 1. The van der Waals surface area contributed by atoms with Crippen LogP contribution < -0.4 is 0 Å². The lowest BCUT2D eigenvalue weighted by atomic mass is 10.1. The highest BCUT2D eigenvalue weighted by Crippen LogP contribution is 2.34. The van der Waals surface area contributed by atoms with Crippen molar-refractivity contribution in [1.29, 1.82) is 0 Å². The first-order valence-corrected chi connectivity index (χ1v) is 10.4. The van der Waals surface area contributed by atoms with E-state index in [1.165, 1.54) is 45.5 Å². The number of phenols is 1. The smallest absolute Gasteiger partial charge is 0.155 e. The van der Waals surface area contributed by atoms with Gasteiger partial charge in [0.2, 0.25) is 0 Å². The van der Waals surface area contributed by atoms with Crippen LogP contribution in [0.2, 0.25) is 0 Å². The molecule has 3 heteroatoms. The summed E-state index contributed by atoms with van der Waals surface area (Å²) in [6.45, 7) is 0. The van der Waals surface area contributed by atoms with E-state index in [-0.39, 0.29) is 0 Å². The summed E-state index contributed by atoms with van der Waals surface area (Å²) in [4.78, 5) is 1.49. The number of fused-ring (bicyclic) bond motifs is 3. The van der Waals surface area contributed by atoms with E-state index in [0.717, 1.165) is 11.2 Å². The van der Waals surface area contributed by atoms with E-state index in [1.807, 2.05) is 12.1 Å². The van der Waals surface area contributed by atoms with Crippen molar-refractivity contribution < 1.29 is 5.11 Å². The summed E-state index contributed by atoms with van der Waals surface area (Å²) in [6.07, 6.45) is 2.74. The Morgan fingerprint density at radius 3 is 2.28 bits per heavy atom. The summed E-state index contributed by atoms with van der Waals surface area (Å²) in [7, 11) is 0.447. The molecule has 1 aliphatic heterocycles. The van der Waals surface area contributed by atoms with E-state index in [1.54, 1.807) is 6.07 Å². The molecule has 1 N–H and O–H groups in total. The van der Waals surface area contributed by atoms with Crippen LogP contribution in [-0.4, -0.2) is 21.2 Å². The molecule has 0 saturated carbocycles. The SMILES string of the molecule is Oc1ccc2c3ccccc3n(-c3ccc([S+]4CCCC4)cc3)c2c1. The van der Waals surface area contributed by atoms with Crippen LogP contribution in [0.1, 0.15) is 12.8 Å². The number of hydrogen-bond acceptors (Lipinski definition) is 1. The van der Waals surface area contributed by atoms with Crippen molar-refractivity contribution in [3.8, 4) is 11.4 Å². The number of benzene rings is 3. The van der Waals surface area contributed by atoms with E-state index >= 15 is 0 Å². The molecule has 25 heavy (non-hydrogen) atoms. The Balaban J connectivity index is 1.71. The molecular weight excluding hydrogens is 326 g/mol.